The van der Waals surface area contributed by atoms with Gasteiger partial charge in [0.2, 0.25) is 0 Å². The minimum atomic E-state index is 0.247. The average molecular weight is 376 g/mol. The Balaban J connectivity index is 2.40. The zero-order chi connectivity index (χ0) is 14.0. The molecule has 0 fully saturated rings. The van der Waals surface area contributed by atoms with E-state index in [1.54, 1.807) is 12.1 Å². The van der Waals surface area contributed by atoms with Gasteiger partial charge in [-0.25, -0.2) is 0 Å². The lowest BCUT2D eigenvalue weighted by molar-refractivity contribution is 1.51. The largest absolute Gasteiger partial charge is 0.389 e. The van der Waals surface area contributed by atoms with E-state index in [0.717, 1.165) is 15.8 Å². The average Bonchev–Trinajstić information content (AvgIpc) is 2.33. The zero-order valence-electron chi connectivity index (χ0n) is 9.58. The van der Waals surface area contributed by atoms with Gasteiger partial charge in [0.25, 0.3) is 0 Å². The second-order valence-electron chi connectivity index (χ2n) is 3.78. The molecule has 2 nitrogen and oxygen atoms in total. The van der Waals surface area contributed by atoms with Gasteiger partial charge in [-0.15, -0.1) is 0 Å². The van der Waals surface area contributed by atoms with Crippen molar-refractivity contribution in [1.29, 1.82) is 0 Å². The first-order chi connectivity index (χ1) is 8.99. The highest BCUT2D eigenvalue weighted by Crippen LogP contribution is 2.30. The SMILES string of the molecule is NC(=S)c1c(Cl)cccc1Nc1ccc(Br)c(Cl)c1. The van der Waals surface area contributed by atoms with Crippen molar-refractivity contribution >= 4 is 67.7 Å². The minimum absolute atomic E-state index is 0.247. The molecule has 0 spiro atoms. The minimum Gasteiger partial charge on any atom is -0.389 e. The summed E-state index contributed by atoms with van der Waals surface area (Å²) in [6.45, 7) is 0. The van der Waals surface area contributed by atoms with Crippen LogP contribution in [0.25, 0.3) is 0 Å². The van der Waals surface area contributed by atoms with Crippen LogP contribution in [-0.2, 0) is 0 Å². The molecule has 0 heterocycles. The summed E-state index contributed by atoms with van der Waals surface area (Å²) < 4.78 is 0.834. The highest BCUT2D eigenvalue weighted by molar-refractivity contribution is 9.10. The summed E-state index contributed by atoms with van der Waals surface area (Å²) >= 11 is 20.5. The lowest BCUT2D eigenvalue weighted by Crippen LogP contribution is -2.12. The summed E-state index contributed by atoms with van der Waals surface area (Å²) in [5.41, 5.74) is 7.90. The number of hydrogen-bond acceptors (Lipinski definition) is 2. The van der Waals surface area contributed by atoms with E-state index in [2.05, 4.69) is 21.2 Å². The van der Waals surface area contributed by atoms with Crippen LogP contribution >= 0.6 is 51.3 Å². The highest BCUT2D eigenvalue weighted by atomic mass is 79.9. The molecule has 0 aromatic heterocycles. The highest BCUT2D eigenvalue weighted by Gasteiger charge is 2.10. The molecule has 0 saturated heterocycles. The molecule has 0 unspecified atom stereocenters. The summed E-state index contributed by atoms with van der Waals surface area (Å²) in [6.07, 6.45) is 0. The number of halogens is 3. The number of rotatable bonds is 3. The van der Waals surface area contributed by atoms with Gasteiger partial charge in [0.05, 0.1) is 21.3 Å². The van der Waals surface area contributed by atoms with Crippen LogP contribution in [0, 0.1) is 0 Å². The van der Waals surface area contributed by atoms with Crippen molar-refractivity contribution in [3.63, 3.8) is 0 Å². The van der Waals surface area contributed by atoms with Crippen LogP contribution in [0.2, 0.25) is 10.0 Å². The van der Waals surface area contributed by atoms with Gasteiger partial charge in [-0.05, 0) is 46.3 Å². The Hall–Kier alpha value is -0.810. The second-order valence-corrected chi connectivity index (χ2v) is 5.89. The number of anilines is 2. The molecular weight excluding hydrogens is 367 g/mol. The molecule has 3 N–H and O–H groups in total. The smallest absolute Gasteiger partial charge is 0.107 e. The van der Waals surface area contributed by atoms with Gasteiger partial charge in [-0.2, -0.15) is 0 Å². The molecule has 0 aliphatic heterocycles. The van der Waals surface area contributed by atoms with Gasteiger partial charge in [-0.3, -0.25) is 0 Å². The number of thiocarbonyl (C=S) groups is 1. The molecule has 0 atom stereocenters. The Morgan fingerprint density at radius 1 is 1.16 bits per heavy atom. The number of nitrogens with one attached hydrogen (secondary N) is 1. The van der Waals surface area contributed by atoms with E-state index in [0.29, 0.717) is 15.6 Å². The topological polar surface area (TPSA) is 38.0 Å². The second kappa shape index (κ2) is 6.09. The summed E-state index contributed by atoms with van der Waals surface area (Å²) in [5, 5.41) is 4.33. The zero-order valence-corrected chi connectivity index (χ0v) is 13.5. The van der Waals surface area contributed by atoms with Crippen LogP contribution in [0.4, 0.5) is 11.4 Å². The molecule has 0 saturated carbocycles. The molecule has 0 aliphatic carbocycles. The van der Waals surface area contributed by atoms with Crippen molar-refractivity contribution in [3.8, 4) is 0 Å². The maximum atomic E-state index is 6.11. The third-order valence-electron chi connectivity index (χ3n) is 2.46. The molecule has 6 heteroatoms. The molecule has 0 aliphatic rings. The predicted octanol–water partition coefficient (Wildman–Crippen LogP) is 5.13. The Morgan fingerprint density at radius 3 is 2.53 bits per heavy atom. The first-order valence-electron chi connectivity index (χ1n) is 5.29. The van der Waals surface area contributed by atoms with Crippen molar-refractivity contribution < 1.29 is 0 Å². The summed E-state index contributed by atoms with van der Waals surface area (Å²) in [6, 6.07) is 11.0. The molecule has 2 rings (SSSR count). The van der Waals surface area contributed by atoms with Gasteiger partial charge >= 0.3 is 0 Å². The molecule has 2 aromatic carbocycles. The lowest BCUT2D eigenvalue weighted by atomic mass is 10.1. The fraction of sp³-hybridized carbons (Fsp3) is 0. The maximum absolute atomic E-state index is 6.11. The fourth-order valence-electron chi connectivity index (χ4n) is 1.61. The van der Waals surface area contributed by atoms with Crippen molar-refractivity contribution in [2.45, 2.75) is 0 Å². The summed E-state index contributed by atoms with van der Waals surface area (Å²) in [7, 11) is 0. The van der Waals surface area contributed by atoms with Crippen LogP contribution in [0.5, 0.6) is 0 Å². The van der Waals surface area contributed by atoms with Crippen molar-refractivity contribution in [2.75, 3.05) is 5.32 Å². The third-order valence-corrected chi connectivity index (χ3v) is 4.21. The standard InChI is InChI=1S/C13H9BrCl2N2S/c14-8-5-4-7(6-10(8)16)18-11-3-1-2-9(15)12(11)13(17)19/h1-6,18H,(H2,17,19). The van der Waals surface area contributed by atoms with Gasteiger partial charge < -0.3 is 11.1 Å². The van der Waals surface area contributed by atoms with E-state index < -0.39 is 0 Å². The Kier molecular flexibility index (Phi) is 4.68. The summed E-state index contributed by atoms with van der Waals surface area (Å²) in [4.78, 5) is 0.247. The van der Waals surface area contributed by atoms with Crippen molar-refractivity contribution in [3.05, 3.63) is 56.5 Å². The summed E-state index contributed by atoms with van der Waals surface area (Å²) in [5.74, 6) is 0. The number of hydrogen-bond donors (Lipinski definition) is 2. The number of benzene rings is 2. The fourth-order valence-corrected chi connectivity index (χ4v) is 2.59. The predicted molar refractivity (Wildman–Crippen MR) is 89.8 cm³/mol. The Bertz CT molecular complexity index is 647. The van der Waals surface area contributed by atoms with E-state index in [9.17, 15) is 0 Å². The van der Waals surface area contributed by atoms with Crippen molar-refractivity contribution in [1.82, 2.24) is 0 Å². The maximum Gasteiger partial charge on any atom is 0.107 e. The molecule has 19 heavy (non-hydrogen) atoms. The van der Waals surface area contributed by atoms with E-state index >= 15 is 0 Å². The molecular formula is C13H9BrCl2N2S. The van der Waals surface area contributed by atoms with Crippen LogP contribution in [0.3, 0.4) is 0 Å². The van der Waals surface area contributed by atoms with Crippen molar-refractivity contribution in [2.24, 2.45) is 5.73 Å². The quantitative estimate of drug-likeness (QED) is 0.730. The van der Waals surface area contributed by atoms with E-state index in [-0.39, 0.29) is 4.99 Å². The molecule has 0 radical (unpaired) electrons. The van der Waals surface area contributed by atoms with Crippen LogP contribution in [-0.4, -0.2) is 4.99 Å². The molecule has 0 bridgehead atoms. The van der Waals surface area contributed by atoms with Gasteiger partial charge in [0.15, 0.2) is 0 Å². The van der Waals surface area contributed by atoms with Gasteiger partial charge in [0.1, 0.15) is 4.99 Å². The normalized spacial score (nSPS) is 10.3. The lowest BCUT2D eigenvalue weighted by Gasteiger charge is -2.13. The molecule has 98 valence electrons. The monoisotopic (exact) mass is 374 g/mol. The van der Waals surface area contributed by atoms with Crippen LogP contribution in [0.1, 0.15) is 5.56 Å². The molecule has 2 aromatic rings. The van der Waals surface area contributed by atoms with E-state index in [1.807, 2.05) is 24.3 Å². The third kappa shape index (κ3) is 3.39. The van der Waals surface area contributed by atoms with Crippen LogP contribution in [0.15, 0.2) is 40.9 Å². The van der Waals surface area contributed by atoms with Gasteiger partial charge in [0, 0.05) is 10.2 Å². The first-order valence-corrected chi connectivity index (χ1v) is 7.25. The Morgan fingerprint density at radius 2 is 1.89 bits per heavy atom. The molecule has 0 amide bonds. The number of nitrogens with two attached hydrogens (primary N) is 1. The van der Waals surface area contributed by atoms with E-state index in [1.165, 1.54) is 0 Å². The van der Waals surface area contributed by atoms with Crippen LogP contribution < -0.4 is 11.1 Å². The first kappa shape index (κ1) is 14.6. The Labute approximate surface area is 135 Å². The van der Waals surface area contributed by atoms with E-state index in [4.69, 9.17) is 41.2 Å². The van der Waals surface area contributed by atoms with Gasteiger partial charge in [-0.1, -0.05) is 41.5 Å².